The lowest BCUT2D eigenvalue weighted by atomic mass is 10.1. The monoisotopic (exact) mass is 324 g/mol. The van der Waals surface area contributed by atoms with Crippen molar-refractivity contribution in [3.05, 3.63) is 23.0 Å². The molecule has 0 spiro atoms. The lowest BCUT2D eigenvalue weighted by Crippen LogP contribution is -2.34. The summed E-state index contributed by atoms with van der Waals surface area (Å²) in [4.78, 5) is 49.0. The average Bonchev–Trinajstić information content (AvgIpc) is 2.99. The maximum Gasteiger partial charge on any atom is 0.325 e. The number of methoxy groups -OCH3 is 2. The largest absolute Gasteiger partial charge is 0.510 e. The van der Waals surface area contributed by atoms with Crippen molar-refractivity contribution < 1.29 is 33.8 Å². The van der Waals surface area contributed by atoms with E-state index in [2.05, 4.69) is 9.47 Å². The van der Waals surface area contributed by atoms with Crippen molar-refractivity contribution in [1.82, 2.24) is 9.80 Å². The highest BCUT2D eigenvalue weighted by atomic mass is 16.5. The van der Waals surface area contributed by atoms with Gasteiger partial charge in [-0.05, 0) is 5.57 Å². The Kier molecular flexibility index (Phi) is 4.68. The molecule has 0 fully saturated rings. The average molecular weight is 324 g/mol. The van der Waals surface area contributed by atoms with Gasteiger partial charge in [-0.2, -0.15) is 0 Å². The van der Waals surface area contributed by atoms with Gasteiger partial charge in [-0.25, -0.2) is 0 Å². The molecule has 2 aliphatic rings. The van der Waals surface area contributed by atoms with Crippen molar-refractivity contribution in [2.24, 2.45) is 0 Å². The summed E-state index contributed by atoms with van der Waals surface area (Å²) in [5.74, 6) is -2.44. The SMILES string of the molecule is COC(=O)CN1CC(C2=C(O)CN(CC(=O)OC)C2=O)=CC1=O. The Morgan fingerprint density at radius 3 is 2.22 bits per heavy atom. The Morgan fingerprint density at radius 1 is 1.09 bits per heavy atom. The topological polar surface area (TPSA) is 113 Å². The molecule has 124 valence electrons. The fourth-order valence-corrected chi connectivity index (χ4v) is 2.36. The Balaban J connectivity index is 2.10. The van der Waals surface area contributed by atoms with E-state index in [9.17, 15) is 24.3 Å². The molecule has 0 aromatic carbocycles. The molecule has 2 aliphatic heterocycles. The van der Waals surface area contributed by atoms with Crippen LogP contribution in [0, 0.1) is 0 Å². The minimum atomic E-state index is -0.615. The van der Waals surface area contributed by atoms with Crippen LogP contribution in [0.5, 0.6) is 0 Å². The van der Waals surface area contributed by atoms with Gasteiger partial charge in [-0.15, -0.1) is 0 Å². The summed E-state index contributed by atoms with van der Waals surface area (Å²) < 4.78 is 8.98. The second-order valence-corrected chi connectivity index (χ2v) is 5.00. The number of hydrogen-bond acceptors (Lipinski definition) is 7. The molecule has 0 aromatic heterocycles. The van der Waals surface area contributed by atoms with Gasteiger partial charge >= 0.3 is 11.9 Å². The van der Waals surface area contributed by atoms with E-state index < -0.39 is 23.8 Å². The summed E-state index contributed by atoms with van der Waals surface area (Å²) in [6.45, 7) is -0.670. The Bertz CT molecular complexity index is 635. The van der Waals surface area contributed by atoms with Crippen molar-refractivity contribution in [3.8, 4) is 0 Å². The summed E-state index contributed by atoms with van der Waals surface area (Å²) in [6.07, 6.45) is 1.19. The number of aliphatic hydroxyl groups excluding tert-OH is 1. The van der Waals surface area contributed by atoms with Crippen LogP contribution >= 0.6 is 0 Å². The van der Waals surface area contributed by atoms with Crippen molar-refractivity contribution in [1.29, 1.82) is 0 Å². The molecule has 9 nitrogen and oxygen atoms in total. The summed E-state index contributed by atoms with van der Waals surface area (Å²) in [7, 11) is 2.40. The van der Waals surface area contributed by atoms with Crippen molar-refractivity contribution in [3.63, 3.8) is 0 Å². The van der Waals surface area contributed by atoms with Crippen LogP contribution in [-0.2, 0) is 28.7 Å². The Hall–Kier alpha value is -2.84. The van der Waals surface area contributed by atoms with Gasteiger partial charge in [0.25, 0.3) is 5.91 Å². The van der Waals surface area contributed by atoms with Crippen LogP contribution in [0.15, 0.2) is 23.0 Å². The number of hydrogen-bond donors (Lipinski definition) is 1. The molecule has 0 aliphatic carbocycles. The first kappa shape index (κ1) is 16.5. The van der Waals surface area contributed by atoms with Gasteiger partial charge in [-0.3, -0.25) is 19.2 Å². The zero-order valence-electron chi connectivity index (χ0n) is 12.7. The summed E-state index contributed by atoms with van der Waals surface area (Å²) in [5.41, 5.74) is 0.281. The molecular weight excluding hydrogens is 308 g/mol. The summed E-state index contributed by atoms with van der Waals surface area (Å²) in [6, 6.07) is 0. The summed E-state index contributed by atoms with van der Waals surface area (Å²) >= 11 is 0. The van der Waals surface area contributed by atoms with Crippen LogP contribution in [0.25, 0.3) is 0 Å². The Labute approximate surface area is 131 Å². The number of ether oxygens (including phenoxy) is 2. The van der Waals surface area contributed by atoms with E-state index in [0.29, 0.717) is 5.57 Å². The van der Waals surface area contributed by atoms with Gasteiger partial charge in [0.2, 0.25) is 5.91 Å². The molecule has 2 amide bonds. The van der Waals surface area contributed by atoms with Crippen molar-refractivity contribution >= 4 is 23.8 Å². The highest BCUT2D eigenvalue weighted by Gasteiger charge is 2.37. The predicted octanol–water partition coefficient (Wildman–Crippen LogP) is -1.24. The summed E-state index contributed by atoms with van der Waals surface area (Å²) in [5, 5.41) is 9.98. The molecule has 2 rings (SSSR count). The molecule has 0 atom stereocenters. The van der Waals surface area contributed by atoms with Gasteiger partial charge < -0.3 is 24.4 Å². The molecule has 0 unspecified atom stereocenters. The van der Waals surface area contributed by atoms with Gasteiger partial charge in [0.15, 0.2) is 0 Å². The molecule has 23 heavy (non-hydrogen) atoms. The molecule has 0 saturated carbocycles. The maximum atomic E-state index is 12.3. The van der Waals surface area contributed by atoms with Gasteiger partial charge in [-0.1, -0.05) is 0 Å². The Morgan fingerprint density at radius 2 is 1.65 bits per heavy atom. The third kappa shape index (κ3) is 3.33. The minimum absolute atomic E-state index is 0.00509. The van der Waals surface area contributed by atoms with Gasteiger partial charge in [0.05, 0.1) is 26.3 Å². The number of carbonyl (C=O) groups excluding carboxylic acids is 4. The van der Waals surface area contributed by atoms with E-state index >= 15 is 0 Å². The van der Waals surface area contributed by atoms with Crippen LogP contribution in [-0.4, -0.2) is 79.1 Å². The van der Waals surface area contributed by atoms with E-state index in [-0.39, 0.29) is 37.5 Å². The number of aliphatic hydroxyl groups is 1. The number of rotatable bonds is 5. The van der Waals surface area contributed by atoms with E-state index in [0.717, 1.165) is 4.90 Å². The standard InChI is InChI=1S/C14H16N2O7/c1-22-11(19)6-15-4-8(3-10(15)18)13-9(17)5-16(14(13)21)7-12(20)23-2/h3,17H,4-7H2,1-2H3. The fourth-order valence-electron chi connectivity index (χ4n) is 2.36. The highest BCUT2D eigenvalue weighted by Crippen LogP contribution is 2.27. The lowest BCUT2D eigenvalue weighted by Gasteiger charge is -2.16. The van der Waals surface area contributed by atoms with Crippen LogP contribution in [0.3, 0.4) is 0 Å². The normalized spacial score (nSPS) is 17.7. The fraction of sp³-hybridized carbons (Fsp3) is 0.429. The van der Waals surface area contributed by atoms with E-state index in [4.69, 9.17) is 0 Å². The quantitative estimate of drug-likeness (QED) is 0.629. The number of amides is 2. The molecule has 1 N–H and O–H groups in total. The van der Waals surface area contributed by atoms with Crippen LogP contribution in [0.1, 0.15) is 0 Å². The van der Waals surface area contributed by atoms with Crippen molar-refractivity contribution in [2.75, 3.05) is 40.4 Å². The first-order chi connectivity index (χ1) is 10.9. The second kappa shape index (κ2) is 6.51. The molecule has 2 heterocycles. The van der Waals surface area contributed by atoms with E-state index in [1.165, 1.54) is 25.2 Å². The zero-order chi connectivity index (χ0) is 17.1. The van der Waals surface area contributed by atoms with Crippen LogP contribution < -0.4 is 0 Å². The first-order valence-electron chi connectivity index (χ1n) is 6.72. The molecule has 0 radical (unpaired) electrons. The predicted molar refractivity (Wildman–Crippen MR) is 74.9 cm³/mol. The first-order valence-corrected chi connectivity index (χ1v) is 6.72. The number of esters is 2. The second-order valence-electron chi connectivity index (χ2n) is 5.00. The van der Waals surface area contributed by atoms with Crippen LogP contribution in [0.2, 0.25) is 0 Å². The van der Waals surface area contributed by atoms with E-state index in [1.807, 2.05) is 0 Å². The molecular formula is C14H16N2O7. The third-order valence-corrected chi connectivity index (χ3v) is 3.52. The maximum absolute atomic E-state index is 12.3. The molecule has 0 aromatic rings. The number of nitrogens with zero attached hydrogens (tertiary/aromatic N) is 2. The molecule has 0 saturated heterocycles. The molecule has 9 heteroatoms. The number of carbonyl (C=O) groups is 4. The van der Waals surface area contributed by atoms with Gasteiger partial charge in [0.1, 0.15) is 18.8 Å². The minimum Gasteiger partial charge on any atom is -0.510 e. The zero-order valence-corrected chi connectivity index (χ0v) is 12.7. The third-order valence-electron chi connectivity index (χ3n) is 3.52. The van der Waals surface area contributed by atoms with Crippen molar-refractivity contribution in [2.45, 2.75) is 0 Å². The smallest absolute Gasteiger partial charge is 0.325 e. The van der Waals surface area contributed by atoms with E-state index in [1.54, 1.807) is 0 Å². The lowest BCUT2D eigenvalue weighted by molar-refractivity contribution is -0.145. The van der Waals surface area contributed by atoms with Gasteiger partial charge in [0, 0.05) is 12.6 Å². The highest BCUT2D eigenvalue weighted by molar-refractivity contribution is 6.05. The van der Waals surface area contributed by atoms with Crippen LogP contribution in [0.4, 0.5) is 0 Å². The molecule has 0 bridgehead atoms.